The van der Waals surface area contributed by atoms with E-state index in [0.717, 1.165) is 25.3 Å². The summed E-state index contributed by atoms with van der Waals surface area (Å²) in [6, 6.07) is 0. The molecule has 0 aromatic carbocycles. The lowest BCUT2D eigenvalue weighted by Gasteiger charge is -2.02. The fourth-order valence-corrected chi connectivity index (χ4v) is 1.32. The summed E-state index contributed by atoms with van der Waals surface area (Å²) < 4.78 is 5.36. The lowest BCUT2D eigenvalue weighted by Crippen LogP contribution is -1.97. The number of hydrogen-bond donors (Lipinski definition) is 1. The minimum Gasteiger partial charge on any atom is -0.370 e. The smallest absolute Gasteiger partial charge is 0.242 e. The first-order valence-corrected chi connectivity index (χ1v) is 3.93. The lowest BCUT2D eigenvalue weighted by molar-refractivity contribution is 0.105. The van der Waals surface area contributed by atoms with Crippen LogP contribution in [0.25, 0.3) is 0 Å². The predicted octanol–water partition coefficient (Wildman–Crippen LogP) is 1.31. The highest BCUT2D eigenvalue weighted by atomic mass is 35.5. The minimum atomic E-state index is 0.0787. The molecular formula is C6H8ClN3O. The summed E-state index contributed by atoms with van der Waals surface area (Å²) in [5, 5.41) is 6.70. The molecule has 4 nitrogen and oxygen atoms in total. The van der Waals surface area contributed by atoms with E-state index in [9.17, 15) is 0 Å². The second-order valence-electron chi connectivity index (χ2n) is 2.49. The van der Waals surface area contributed by atoms with E-state index in [4.69, 9.17) is 16.3 Å². The highest BCUT2D eigenvalue weighted by molar-refractivity contribution is 6.28. The molecule has 11 heavy (non-hydrogen) atoms. The van der Waals surface area contributed by atoms with Crippen molar-refractivity contribution < 1.29 is 4.74 Å². The molecule has 1 fully saturated rings. The summed E-state index contributed by atoms with van der Waals surface area (Å²) in [5.41, 5.74) is 0. The van der Waals surface area contributed by atoms with Crippen LogP contribution in [0.15, 0.2) is 0 Å². The van der Waals surface area contributed by atoms with Crippen molar-refractivity contribution in [1.29, 1.82) is 0 Å². The molecule has 1 N–H and O–H groups in total. The van der Waals surface area contributed by atoms with Crippen molar-refractivity contribution in [3.63, 3.8) is 0 Å². The zero-order valence-corrected chi connectivity index (χ0v) is 6.64. The third-order valence-corrected chi connectivity index (χ3v) is 1.88. The van der Waals surface area contributed by atoms with Gasteiger partial charge in [-0.25, -0.2) is 0 Å². The average Bonchev–Trinajstić information content (AvgIpc) is 2.55. The Labute approximate surface area is 68.9 Å². The van der Waals surface area contributed by atoms with Crippen LogP contribution in [0.4, 0.5) is 0 Å². The Morgan fingerprint density at radius 3 is 3.09 bits per heavy atom. The largest absolute Gasteiger partial charge is 0.370 e. The van der Waals surface area contributed by atoms with E-state index in [-0.39, 0.29) is 11.4 Å². The molecule has 2 heterocycles. The molecule has 1 aromatic heterocycles. The van der Waals surface area contributed by atoms with Crippen molar-refractivity contribution >= 4 is 11.6 Å². The van der Waals surface area contributed by atoms with E-state index < -0.39 is 0 Å². The number of nitrogens with zero attached hydrogens (tertiary/aromatic N) is 2. The Hall–Kier alpha value is -0.610. The fraction of sp³-hybridized carbons (Fsp3) is 0.667. The van der Waals surface area contributed by atoms with Crippen LogP contribution in [-0.2, 0) is 4.74 Å². The average molecular weight is 174 g/mol. The summed E-state index contributed by atoms with van der Waals surface area (Å²) in [4.78, 5) is 3.97. The fourth-order valence-electron chi connectivity index (χ4n) is 1.19. The van der Waals surface area contributed by atoms with Gasteiger partial charge >= 0.3 is 0 Å². The van der Waals surface area contributed by atoms with Crippen molar-refractivity contribution in [2.45, 2.75) is 18.9 Å². The maximum atomic E-state index is 5.53. The Bertz CT molecular complexity index is 244. The van der Waals surface area contributed by atoms with Crippen LogP contribution in [0, 0.1) is 0 Å². The first-order chi connectivity index (χ1) is 5.36. The Balaban J connectivity index is 2.15. The summed E-state index contributed by atoms with van der Waals surface area (Å²) in [7, 11) is 0. The van der Waals surface area contributed by atoms with Gasteiger partial charge in [-0.2, -0.15) is 4.98 Å². The van der Waals surface area contributed by atoms with Gasteiger partial charge in [-0.05, 0) is 24.4 Å². The standard InChI is InChI=1S/C6H8ClN3O/c7-6-8-5(9-10-6)4-2-1-3-11-4/h4H,1-3H2,(H,8,9,10)/t4-/m0/s1. The normalized spacial score (nSPS) is 24.3. The monoisotopic (exact) mass is 173 g/mol. The summed E-state index contributed by atoms with van der Waals surface area (Å²) >= 11 is 5.53. The highest BCUT2D eigenvalue weighted by Crippen LogP contribution is 2.25. The molecule has 0 bridgehead atoms. The van der Waals surface area contributed by atoms with Crippen LogP contribution >= 0.6 is 11.6 Å². The first kappa shape index (κ1) is 7.06. The van der Waals surface area contributed by atoms with Gasteiger partial charge in [0.15, 0.2) is 5.82 Å². The number of H-pyrrole nitrogens is 1. The van der Waals surface area contributed by atoms with E-state index in [1.807, 2.05) is 0 Å². The van der Waals surface area contributed by atoms with E-state index in [1.54, 1.807) is 0 Å². The van der Waals surface area contributed by atoms with Crippen LogP contribution in [0.1, 0.15) is 24.8 Å². The third-order valence-electron chi connectivity index (χ3n) is 1.71. The molecule has 1 atom stereocenters. The van der Waals surface area contributed by atoms with Crippen molar-refractivity contribution in [2.75, 3.05) is 6.61 Å². The SMILES string of the molecule is Clc1n[nH]c([C@@H]2CCCO2)n1. The van der Waals surface area contributed by atoms with Crippen LogP contribution in [0.5, 0.6) is 0 Å². The van der Waals surface area contributed by atoms with Gasteiger partial charge in [-0.3, -0.25) is 5.10 Å². The molecule has 60 valence electrons. The van der Waals surface area contributed by atoms with E-state index >= 15 is 0 Å². The van der Waals surface area contributed by atoms with E-state index in [2.05, 4.69) is 15.2 Å². The molecule has 0 aliphatic carbocycles. The quantitative estimate of drug-likeness (QED) is 0.697. The molecule has 0 unspecified atom stereocenters. The van der Waals surface area contributed by atoms with Gasteiger partial charge in [0, 0.05) is 6.61 Å². The second kappa shape index (κ2) is 2.79. The van der Waals surface area contributed by atoms with Gasteiger partial charge in [0.25, 0.3) is 0 Å². The maximum absolute atomic E-state index is 5.53. The van der Waals surface area contributed by atoms with Gasteiger partial charge in [-0.15, -0.1) is 5.10 Å². The van der Waals surface area contributed by atoms with Gasteiger partial charge in [0.2, 0.25) is 5.28 Å². The zero-order chi connectivity index (χ0) is 7.68. The van der Waals surface area contributed by atoms with Crippen molar-refractivity contribution in [3.8, 4) is 0 Å². The molecule has 1 aliphatic heterocycles. The van der Waals surface area contributed by atoms with Crippen LogP contribution in [0.2, 0.25) is 5.28 Å². The Morgan fingerprint density at radius 2 is 2.55 bits per heavy atom. The van der Waals surface area contributed by atoms with E-state index in [0.29, 0.717) is 0 Å². The third kappa shape index (κ3) is 1.36. The summed E-state index contributed by atoms with van der Waals surface area (Å²) in [6.45, 7) is 0.809. The number of aromatic amines is 1. The van der Waals surface area contributed by atoms with Crippen molar-refractivity contribution in [3.05, 3.63) is 11.1 Å². The maximum Gasteiger partial charge on any atom is 0.242 e. The number of halogens is 1. The number of nitrogens with one attached hydrogen (secondary N) is 1. The molecule has 1 aliphatic rings. The molecule has 5 heteroatoms. The van der Waals surface area contributed by atoms with Crippen LogP contribution in [-0.4, -0.2) is 21.8 Å². The Morgan fingerprint density at radius 1 is 1.64 bits per heavy atom. The van der Waals surface area contributed by atoms with E-state index in [1.165, 1.54) is 0 Å². The summed E-state index contributed by atoms with van der Waals surface area (Å²) in [6.07, 6.45) is 2.17. The predicted molar refractivity (Wildman–Crippen MR) is 39.3 cm³/mol. The second-order valence-corrected chi connectivity index (χ2v) is 2.83. The van der Waals surface area contributed by atoms with Gasteiger partial charge < -0.3 is 4.74 Å². The van der Waals surface area contributed by atoms with Gasteiger partial charge in [-0.1, -0.05) is 0 Å². The van der Waals surface area contributed by atoms with Gasteiger partial charge in [0.05, 0.1) is 0 Å². The molecule has 2 rings (SSSR count). The molecule has 0 radical (unpaired) electrons. The number of aromatic nitrogens is 3. The first-order valence-electron chi connectivity index (χ1n) is 3.55. The van der Waals surface area contributed by atoms with Crippen LogP contribution < -0.4 is 0 Å². The van der Waals surface area contributed by atoms with Crippen molar-refractivity contribution in [1.82, 2.24) is 15.2 Å². The molecule has 0 spiro atoms. The minimum absolute atomic E-state index is 0.0787. The number of ether oxygens (including phenoxy) is 1. The van der Waals surface area contributed by atoms with Crippen molar-refractivity contribution in [2.24, 2.45) is 0 Å². The van der Waals surface area contributed by atoms with Crippen LogP contribution in [0.3, 0.4) is 0 Å². The molecule has 1 saturated heterocycles. The number of rotatable bonds is 1. The molecule has 0 saturated carbocycles. The molecule has 0 amide bonds. The molecular weight excluding hydrogens is 166 g/mol. The lowest BCUT2D eigenvalue weighted by atomic mass is 10.2. The summed E-state index contributed by atoms with van der Waals surface area (Å²) in [5.74, 6) is 0.743. The number of hydrogen-bond acceptors (Lipinski definition) is 3. The Kier molecular flexibility index (Phi) is 1.79. The molecule has 1 aromatic rings. The zero-order valence-electron chi connectivity index (χ0n) is 5.88. The van der Waals surface area contributed by atoms with Gasteiger partial charge in [0.1, 0.15) is 6.10 Å². The highest BCUT2D eigenvalue weighted by Gasteiger charge is 2.20. The topological polar surface area (TPSA) is 50.8 Å².